The molecule has 0 saturated carbocycles. The highest BCUT2D eigenvalue weighted by Gasteiger charge is 2.19. The van der Waals surface area contributed by atoms with Crippen molar-refractivity contribution in [3.05, 3.63) is 70.6 Å². The maximum absolute atomic E-state index is 12.5. The van der Waals surface area contributed by atoms with Crippen molar-refractivity contribution in [3.8, 4) is 11.5 Å². The Kier molecular flexibility index (Phi) is 7.86. The Balaban J connectivity index is 1.82. The van der Waals surface area contributed by atoms with Gasteiger partial charge in [0.15, 0.2) is 5.11 Å². The number of nitrogens with one attached hydrogen (secondary N) is 2. The monoisotopic (exact) mass is 456 g/mol. The van der Waals surface area contributed by atoms with Crippen LogP contribution in [-0.2, 0) is 11.2 Å². The van der Waals surface area contributed by atoms with E-state index in [4.69, 9.17) is 26.4 Å². The molecule has 3 aromatic rings. The van der Waals surface area contributed by atoms with E-state index in [1.165, 1.54) is 11.3 Å². The minimum Gasteiger partial charge on any atom is -0.497 e. The fourth-order valence-electron chi connectivity index (χ4n) is 2.95. The molecular weight excluding hydrogens is 432 g/mol. The van der Waals surface area contributed by atoms with Gasteiger partial charge in [0.2, 0.25) is 0 Å². The average molecular weight is 457 g/mol. The topological polar surface area (TPSA) is 68.8 Å². The predicted octanol–water partition coefficient (Wildman–Crippen LogP) is 5.34. The van der Waals surface area contributed by atoms with Gasteiger partial charge in [-0.05, 0) is 42.9 Å². The maximum atomic E-state index is 12.5. The molecule has 6 nitrogen and oxygen atoms in total. The van der Waals surface area contributed by atoms with Gasteiger partial charge in [-0.2, -0.15) is 0 Å². The van der Waals surface area contributed by atoms with Crippen molar-refractivity contribution in [2.24, 2.45) is 0 Å². The second kappa shape index (κ2) is 10.8. The number of carbonyl (C=O) groups excluding carboxylic acids is 1. The molecule has 0 bridgehead atoms. The number of anilines is 2. The van der Waals surface area contributed by atoms with Crippen LogP contribution in [0.3, 0.4) is 0 Å². The standard InChI is InChI=1S/C23H24N2O4S2/c1-4-29-22(26)18-14-17(12-15-8-6-5-7-9-15)31-21(18)25-23(30)24-19-13-16(27-2)10-11-20(19)28-3/h5-11,13-14H,4,12H2,1-3H3,(H2,24,25,30). The highest BCUT2D eigenvalue weighted by atomic mass is 32.1. The number of methoxy groups -OCH3 is 2. The minimum atomic E-state index is -0.387. The van der Waals surface area contributed by atoms with Crippen LogP contribution in [0.4, 0.5) is 10.7 Å². The highest BCUT2D eigenvalue weighted by Crippen LogP contribution is 2.32. The molecule has 0 aliphatic carbocycles. The van der Waals surface area contributed by atoms with Crippen LogP contribution in [0, 0.1) is 0 Å². The molecule has 0 amide bonds. The SMILES string of the molecule is CCOC(=O)c1cc(Cc2ccccc2)sc1NC(=S)Nc1cc(OC)ccc1OC. The summed E-state index contributed by atoms with van der Waals surface area (Å²) >= 11 is 6.96. The fraction of sp³-hybridized carbons (Fsp3) is 0.217. The average Bonchev–Trinajstić information content (AvgIpc) is 3.16. The number of ether oxygens (including phenoxy) is 3. The van der Waals surface area contributed by atoms with E-state index in [2.05, 4.69) is 22.8 Å². The van der Waals surface area contributed by atoms with Gasteiger partial charge in [0.25, 0.3) is 0 Å². The summed E-state index contributed by atoms with van der Waals surface area (Å²) in [6.07, 6.45) is 0.712. The zero-order valence-electron chi connectivity index (χ0n) is 17.6. The number of benzene rings is 2. The molecule has 0 aliphatic heterocycles. The lowest BCUT2D eigenvalue weighted by atomic mass is 10.1. The van der Waals surface area contributed by atoms with Gasteiger partial charge in [-0.1, -0.05) is 30.3 Å². The number of esters is 1. The highest BCUT2D eigenvalue weighted by molar-refractivity contribution is 7.80. The third-order valence-electron chi connectivity index (χ3n) is 4.38. The van der Waals surface area contributed by atoms with E-state index >= 15 is 0 Å². The molecule has 2 N–H and O–H groups in total. The molecule has 1 aromatic heterocycles. The van der Waals surface area contributed by atoms with Gasteiger partial charge < -0.3 is 24.8 Å². The first-order valence-corrected chi connectivity index (χ1v) is 10.9. The van der Waals surface area contributed by atoms with Gasteiger partial charge in [-0.15, -0.1) is 11.3 Å². The molecule has 3 rings (SSSR count). The molecule has 162 valence electrons. The molecule has 8 heteroatoms. The van der Waals surface area contributed by atoms with E-state index in [1.54, 1.807) is 39.3 Å². The smallest absolute Gasteiger partial charge is 0.341 e. The van der Waals surface area contributed by atoms with Crippen LogP contribution in [0.5, 0.6) is 11.5 Å². The fourth-order valence-corrected chi connectivity index (χ4v) is 4.31. The zero-order valence-corrected chi connectivity index (χ0v) is 19.2. The first-order chi connectivity index (χ1) is 15.0. The first-order valence-electron chi connectivity index (χ1n) is 9.67. The molecule has 31 heavy (non-hydrogen) atoms. The van der Waals surface area contributed by atoms with E-state index in [-0.39, 0.29) is 5.97 Å². The molecule has 2 aromatic carbocycles. The zero-order chi connectivity index (χ0) is 22.2. The van der Waals surface area contributed by atoms with Crippen molar-refractivity contribution in [1.82, 2.24) is 0 Å². The summed E-state index contributed by atoms with van der Waals surface area (Å²) in [5.74, 6) is 0.897. The molecule has 0 aliphatic rings. The lowest BCUT2D eigenvalue weighted by molar-refractivity contribution is 0.0528. The van der Waals surface area contributed by atoms with Crippen molar-refractivity contribution < 1.29 is 19.0 Å². The Morgan fingerprint density at radius 2 is 1.81 bits per heavy atom. The van der Waals surface area contributed by atoms with Gasteiger partial charge in [0.05, 0.1) is 32.1 Å². The third-order valence-corrected chi connectivity index (χ3v) is 5.64. The quantitative estimate of drug-likeness (QED) is 0.350. The summed E-state index contributed by atoms with van der Waals surface area (Å²) in [5.41, 5.74) is 2.27. The number of thiocarbonyl (C=S) groups is 1. The van der Waals surface area contributed by atoms with Crippen LogP contribution in [0.25, 0.3) is 0 Å². The van der Waals surface area contributed by atoms with Crippen LogP contribution in [-0.4, -0.2) is 31.9 Å². The lowest BCUT2D eigenvalue weighted by Gasteiger charge is -2.14. The van der Waals surface area contributed by atoms with Crippen molar-refractivity contribution >= 4 is 45.3 Å². The summed E-state index contributed by atoms with van der Waals surface area (Å²) in [4.78, 5) is 13.5. The summed E-state index contributed by atoms with van der Waals surface area (Å²) in [6, 6.07) is 17.3. The second-order valence-corrected chi connectivity index (χ2v) is 8.03. The van der Waals surface area contributed by atoms with E-state index < -0.39 is 0 Å². The van der Waals surface area contributed by atoms with E-state index in [1.807, 2.05) is 24.3 Å². The number of hydrogen-bond donors (Lipinski definition) is 2. The minimum absolute atomic E-state index is 0.297. The van der Waals surface area contributed by atoms with Gasteiger partial charge in [0.1, 0.15) is 16.5 Å². The summed E-state index contributed by atoms with van der Waals surface area (Å²) < 4.78 is 15.9. The Labute approximate surface area is 191 Å². The predicted molar refractivity (Wildman–Crippen MR) is 129 cm³/mol. The van der Waals surface area contributed by atoms with Crippen molar-refractivity contribution in [3.63, 3.8) is 0 Å². The van der Waals surface area contributed by atoms with Gasteiger partial charge in [-0.3, -0.25) is 0 Å². The molecule has 0 atom stereocenters. The van der Waals surface area contributed by atoms with Crippen molar-refractivity contribution in [2.75, 3.05) is 31.5 Å². The van der Waals surface area contributed by atoms with Gasteiger partial charge >= 0.3 is 5.97 Å². The lowest BCUT2D eigenvalue weighted by Crippen LogP contribution is -2.20. The van der Waals surface area contributed by atoms with Crippen LogP contribution in [0.2, 0.25) is 0 Å². The van der Waals surface area contributed by atoms with Crippen LogP contribution in [0.1, 0.15) is 27.7 Å². The van der Waals surface area contributed by atoms with Crippen LogP contribution >= 0.6 is 23.6 Å². The second-order valence-electron chi connectivity index (χ2n) is 6.48. The van der Waals surface area contributed by atoms with Gasteiger partial charge in [0, 0.05) is 17.4 Å². The number of thiophene rings is 1. The van der Waals surface area contributed by atoms with Crippen molar-refractivity contribution in [1.29, 1.82) is 0 Å². The van der Waals surface area contributed by atoms with Crippen molar-refractivity contribution in [2.45, 2.75) is 13.3 Å². The Hall–Kier alpha value is -3.10. The number of hydrogen-bond acceptors (Lipinski definition) is 6. The Bertz CT molecular complexity index is 1050. The summed E-state index contributed by atoms with van der Waals surface area (Å²) in [7, 11) is 3.17. The molecule has 0 radical (unpaired) electrons. The van der Waals surface area contributed by atoms with Crippen LogP contribution < -0.4 is 20.1 Å². The Morgan fingerprint density at radius 1 is 1.03 bits per heavy atom. The molecular formula is C23H24N2O4S2. The molecule has 1 heterocycles. The largest absolute Gasteiger partial charge is 0.497 e. The summed E-state index contributed by atoms with van der Waals surface area (Å²) in [5, 5.41) is 7.20. The Morgan fingerprint density at radius 3 is 2.48 bits per heavy atom. The normalized spacial score (nSPS) is 10.3. The third kappa shape index (κ3) is 5.96. The molecule has 0 fully saturated rings. The number of carbonyl (C=O) groups is 1. The first kappa shape index (κ1) is 22.6. The summed E-state index contributed by atoms with van der Waals surface area (Å²) in [6.45, 7) is 2.08. The van der Waals surface area contributed by atoms with E-state index in [0.29, 0.717) is 45.9 Å². The van der Waals surface area contributed by atoms with E-state index in [0.717, 1.165) is 10.4 Å². The molecule has 0 spiro atoms. The maximum Gasteiger partial charge on any atom is 0.341 e. The number of rotatable bonds is 8. The van der Waals surface area contributed by atoms with Crippen LogP contribution in [0.15, 0.2) is 54.6 Å². The van der Waals surface area contributed by atoms with Gasteiger partial charge in [-0.25, -0.2) is 4.79 Å². The van der Waals surface area contributed by atoms with E-state index in [9.17, 15) is 4.79 Å². The molecule has 0 saturated heterocycles. The molecule has 0 unspecified atom stereocenters.